The minimum atomic E-state index is -0.0394. The molecule has 1 unspecified atom stereocenters. The Morgan fingerprint density at radius 2 is 1.51 bits per heavy atom. The quantitative estimate of drug-likeness (QED) is 0.309. The summed E-state index contributed by atoms with van der Waals surface area (Å²) in [5.41, 5.74) is 1.49. The molecule has 0 aliphatic carbocycles. The van der Waals surface area contributed by atoms with Crippen molar-refractivity contribution in [2.75, 3.05) is 39.4 Å². The molecule has 0 bridgehead atoms. The van der Waals surface area contributed by atoms with Gasteiger partial charge >= 0.3 is 0 Å². The number of carbonyl (C=O) groups is 1. The topological polar surface area (TPSA) is 80.9 Å². The van der Waals surface area contributed by atoms with Crippen LogP contribution in [0.25, 0.3) is 11.4 Å². The summed E-state index contributed by atoms with van der Waals surface area (Å²) < 4.78 is 17.2. The summed E-state index contributed by atoms with van der Waals surface area (Å²) in [5.74, 6) is 2.49. The fourth-order valence-corrected chi connectivity index (χ4v) is 4.35. The Labute approximate surface area is 216 Å². The predicted octanol–water partition coefficient (Wildman–Crippen LogP) is 4.71. The van der Waals surface area contributed by atoms with Crippen LogP contribution in [0.15, 0.2) is 89.5 Å². The van der Waals surface area contributed by atoms with E-state index in [1.54, 1.807) is 0 Å². The highest BCUT2D eigenvalue weighted by Gasteiger charge is 2.29. The van der Waals surface area contributed by atoms with Gasteiger partial charge in [0.15, 0.2) is 0 Å². The Bertz CT molecular complexity index is 1290. The third-order valence-corrected chi connectivity index (χ3v) is 6.45. The lowest BCUT2D eigenvalue weighted by atomic mass is 10.1. The monoisotopic (exact) mass is 498 g/mol. The number of benzene rings is 3. The van der Waals surface area contributed by atoms with E-state index in [0.29, 0.717) is 62.4 Å². The van der Waals surface area contributed by atoms with Gasteiger partial charge in [-0.3, -0.25) is 9.69 Å². The van der Waals surface area contributed by atoms with Crippen LogP contribution in [0.2, 0.25) is 0 Å². The molecule has 1 amide bonds. The molecule has 0 saturated carbocycles. The summed E-state index contributed by atoms with van der Waals surface area (Å²) in [4.78, 5) is 22.1. The fraction of sp³-hybridized carbons (Fsp3) is 0.276. The molecule has 5 rings (SSSR count). The molecule has 0 radical (unpaired) electrons. The second-order valence-electron chi connectivity index (χ2n) is 8.83. The van der Waals surface area contributed by atoms with Gasteiger partial charge in [0.25, 0.3) is 5.91 Å². The zero-order valence-corrected chi connectivity index (χ0v) is 20.8. The van der Waals surface area contributed by atoms with E-state index in [-0.39, 0.29) is 11.9 Å². The SMILES string of the molecule is CC(c1nc(-c2ccccc2)no1)N1CCN(C(=O)c2ccccc2OCCOc2ccccc2)CC1. The van der Waals surface area contributed by atoms with Crippen LogP contribution in [-0.2, 0) is 0 Å². The van der Waals surface area contributed by atoms with Crippen molar-refractivity contribution >= 4 is 5.91 Å². The van der Waals surface area contributed by atoms with Crippen molar-refractivity contribution in [2.24, 2.45) is 0 Å². The summed E-state index contributed by atoms with van der Waals surface area (Å²) in [5, 5.41) is 4.14. The third kappa shape index (κ3) is 5.98. The molecule has 4 aromatic rings. The molecule has 1 aromatic heterocycles. The minimum Gasteiger partial charge on any atom is -0.490 e. The standard InChI is InChI=1S/C29H30N4O4/c1-22(28-30-27(31-37-28)23-10-4-2-5-11-23)32-16-18-33(19-17-32)29(34)25-14-8-9-15-26(25)36-21-20-35-24-12-6-3-7-13-24/h2-15,22H,16-21H2,1H3. The lowest BCUT2D eigenvalue weighted by Gasteiger charge is -2.37. The van der Waals surface area contributed by atoms with Crippen molar-refractivity contribution in [1.82, 2.24) is 19.9 Å². The lowest BCUT2D eigenvalue weighted by molar-refractivity contribution is 0.0547. The number of ether oxygens (including phenoxy) is 2. The Balaban J connectivity index is 1.14. The Morgan fingerprint density at radius 3 is 2.27 bits per heavy atom. The molecule has 190 valence electrons. The van der Waals surface area contributed by atoms with Crippen molar-refractivity contribution < 1.29 is 18.8 Å². The summed E-state index contributed by atoms with van der Waals surface area (Å²) >= 11 is 0. The molecule has 0 N–H and O–H groups in total. The maximum atomic E-state index is 13.3. The van der Waals surface area contributed by atoms with E-state index < -0.39 is 0 Å². The first-order chi connectivity index (χ1) is 18.2. The summed E-state index contributed by atoms with van der Waals surface area (Å²) in [7, 11) is 0. The van der Waals surface area contributed by atoms with Crippen molar-refractivity contribution in [3.05, 3.63) is 96.4 Å². The first-order valence-electron chi connectivity index (χ1n) is 12.5. The van der Waals surface area contributed by atoms with E-state index in [2.05, 4.69) is 22.0 Å². The molecule has 1 aliphatic heterocycles. The van der Waals surface area contributed by atoms with Crippen LogP contribution in [0.5, 0.6) is 11.5 Å². The first-order valence-corrected chi connectivity index (χ1v) is 12.5. The van der Waals surface area contributed by atoms with Gasteiger partial charge in [-0.15, -0.1) is 0 Å². The first kappa shape index (κ1) is 24.5. The number of hydrogen-bond donors (Lipinski definition) is 0. The molecular weight excluding hydrogens is 468 g/mol. The van der Waals surface area contributed by atoms with Crippen LogP contribution < -0.4 is 9.47 Å². The van der Waals surface area contributed by atoms with Crippen LogP contribution in [-0.4, -0.2) is 65.2 Å². The van der Waals surface area contributed by atoms with E-state index in [0.717, 1.165) is 11.3 Å². The minimum absolute atomic E-state index is 0.0314. The largest absolute Gasteiger partial charge is 0.490 e. The predicted molar refractivity (Wildman–Crippen MR) is 139 cm³/mol. The van der Waals surface area contributed by atoms with Crippen LogP contribution in [0, 0.1) is 0 Å². The maximum absolute atomic E-state index is 13.3. The second kappa shape index (κ2) is 11.7. The van der Waals surface area contributed by atoms with Gasteiger partial charge < -0.3 is 18.9 Å². The summed E-state index contributed by atoms with van der Waals surface area (Å²) in [6.07, 6.45) is 0. The Kier molecular flexibility index (Phi) is 7.76. The highest BCUT2D eigenvalue weighted by Crippen LogP contribution is 2.25. The molecule has 0 spiro atoms. The molecule has 3 aromatic carbocycles. The van der Waals surface area contributed by atoms with Gasteiger partial charge in [0.05, 0.1) is 11.6 Å². The van der Waals surface area contributed by atoms with Gasteiger partial charge in [-0.05, 0) is 31.2 Å². The number of carbonyl (C=O) groups excluding carboxylic acids is 1. The zero-order chi connectivity index (χ0) is 25.5. The van der Waals surface area contributed by atoms with Gasteiger partial charge in [-0.25, -0.2) is 0 Å². The molecule has 1 saturated heterocycles. The van der Waals surface area contributed by atoms with Crippen LogP contribution in [0.3, 0.4) is 0 Å². The van der Waals surface area contributed by atoms with E-state index in [1.165, 1.54) is 0 Å². The molecule has 1 aliphatic rings. The van der Waals surface area contributed by atoms with E-state index in [9.17, 15) is 4.79 Å². The van der Waals surface area contributed by atoms with E-state index in [1.807, 2.05) is 89.8 Å². The molecule has 2 heterocycles. The van der Waals surface area contributed by atoms with Gasteiger partial charge in [0, 0.05) is 31.7 Å². The summed E-state index contributed by atoms with van der Waals surface area (Å²) in [6.45, 7) is 5.43. The molecule has 37 heavy (non-hydrogen) atoms. The third-order valence-electron chi connectivity index (χ3n) is 6.45. The van der Waals surface area contributed by atoms with Crippen molar-refractivity contribution in [1.29, 1.82) is 0 Å². The van der Waals surface area contributed by atoms with Gasteiger partial charge in [-0.1, -0.05) is 65.8 Å². The van der Waals surface area contributed by atoms with Crippen LogP contribution >= 0.6 is 0 Å². The van der Waals surface area contributed by atoms with E-state index in [4.69, 9.17) is 14.0 Å². The summed E-state index contributed by atoms with van der Waals surface area (Å²) in [6, 6.07) is 26.7. The molecule has 1 fully saturated rings. The normalized spacial score (nSPS) is 14.8. The molecule has 8 nitrogen and oxygen atoms in total. The van der Waals surface area contributed by atoms with Gasteiger partial charge in [-0.2, -0.15) is 4.98 Å². The van der Waals surface area contributed by atoms with Gasteiger partial charge in [0.2, 0.25) is 11.7 Å². The van der Waals surface area contributed by atoms with Gasteiger partial charge in [0.1, 0.15) is 24.7 Å². The van der Waals surface area contributed by atoms with Crippen LogP contribution in [0.1, 0.15) is 29.2 Å². The second-order valence-corrected chi connectivity index (χ2v) is 8.83. The molecule has 8 heteroatoms. The number of para-hydroxylation sites is 2. The Morgan fingerprint density at radius 1 is 0.865 bits per heavy atom. The fourth-order valence-electron chi connectivity index (χ4n) is 4.35. The highest BCUT2D eigenvalue weighted by atomic mass is 16.5. The number of nitrogens with zero attached hydrogens (tertiary/aromatic N) is 4. The number of rotatable bonds is 9. The van der Waals surface area contributed by atoms with Crippen molar-refractivity contribution in [2.45, 2.75) is 13.0 Å². The number of piperazine rings is 1. The average Bonchev–Trinajstić information content (AvgIpc) is 3.46. The lowest BCUT2D eigenvalue weighted by Crippen LogP contribution is -2.49. The highest BCUT2D eigenvalue weighted by molar-refractivity contribution is 5.97. The molecular formula is C29H30N4O4. The van der Waals surface area contributed by atoms with Crippen molar-refractivity contribution in [3.63, 3.8) is 0 Å². The van der Waals surface area contributed by atoms with Crippen molar-refractivity contribution in [3.8, 4) is 22.9 Å². The number of amides is 1. The number of hydrogen-bond acceptors (Lipinski definition) is 7. The van der Waals surface area contributed by atoms with Crippen LogP contribution in [0.4, 0.5) is 0 Å². The number of aromatic nitrogens is 2. The van der Waals surface area contributed by atoms with E-state index >= 15 is 0 Å². The Hall–Kier alpha value is -4.17. The smallest absolute Gasteiger partial charge is 0.257 e. The zero-order valence-electron chi connectivity index (χ0n) is 20.8. The average molecular weight is 499 g/mol. The maximum Gasteiger partial charge on any atom is 0.257 e. The molecule has 1 atom stereocenters.